The van der Waals surface area contributed by atoms with Crippen molar-refractivity contribution in [3.8, 4) is 6.07 Å². The van der Waals surface area contributed by atoms with Crippen LogP contribution in [0.1, 0.15) is 31.4 Å². The number of hydrogen-bond acceptors (Lipinski definition) is 3. The van der Waals surface area contributed by atoms with Crippen LogP contribution in [-0.4, -0.2) is 17.8 Å². The second-order valence-corrected chi connectivity index (χ2v) is 4.70. The summed E-state index contributed by atoms with van der Waals surface area (Å²) in [5.74, 6) is -0.00440. The lowest BCUT2D eigenvalue weighted by molar-refractivity contribution is 0.244. The maximum absolute atomic E-state index is 13.2. The summed E-state index contributed by atoms with van der Waals surface area (Å²) in [5, 5.41) is 21.0. The molecule has 0 radical (unpaired) electrons. The summed E-state index contributed by atoms with van der Waals surface area (Å²) in [6.07, 6.45) is 0.665. The van der Waals surface area contributed by atoms with Crippen LogP contribution in [0.5, 0.6) is 0 Å². The molecule has 1 aromatic rings. The topological polar surface area (TPSA) is 56.0 Å². The van der Waals surface area contributed by atoms with Crippen LogP contribution < -0.4 is 5.32 Å². The largest absolute Gasteiger partial charge is 0.396 e. The third-order valence-corrected chi connectivity index (χ3v) is 2.90. The molecule has 1 rings (SSSR count). The summed E-state index contributed by atoms with van der Waals surface area (Å²) in [7, 11) is 0. The average Bonchev–Trinajstić information content (AvgIpc) is 2.33. The van der Waals surface area contributed by atoms with Crippen molar-refractivity contribution in [3.63, 3.8) is 0 Å². The van der Waals surface area contributed by atoms with Crippen molar-refractivity contribution in [1.29, 1.82) is 5.26 Å². The second-order valence-electron chi connectivity index (χ2n) is 4.70. The van der Waals surface area contributed by atoms with E-state index >= 15 is 0 Å². The quantitative estimate of drug-likeness (QED) is 0.813. The molecule has 0 aromatic heterocycles. The van der Waals surface area contributed by atoms with Gasteiger partial charge in [0.1, 0.15) is 5.82 Å². The number of nitriles is 1. The Bertz CT molecular complexity index is 426. The zero-order valence-corrected chi connectivity index (χ0v) is 10.8. The zero-order valence-electron chi connectivity index (χ0n) is 10.8. The zero-order chi connectivity index (χ0) is 13.5. The molecule has 0 bridgehead atoms. The number of rotatable bonds is 6. The van der Waals surface area contributed by atoms with E-state index in [1.54, 1.807) is 6.07 Å². The monoisotopic (exact) mass is 250 g/mol. The van der Waals surface area contributed by atoms with E-state index in [4.69, 9.17) is 10.4 Å². The first-order valence-electron chi connectivity index (χ1n) is 6.10. The first kappa shape index (κ1) is 14.6. The lowest BCUT2D eigenvalue weighted by Gasteiger charge is -2.21. The Morgan fingerprint density at radius 1 is 1.39 bits per heavy atom. The van der Waals surface area contributed by atoms with E-state index in [0.29, 0.717) is 24.4 Å². The maximum atomic E-state index is 13.2. The summed E-state index contributed by atoms with van der Waals surface area (Å²) in [6, 6.07) is 6.43. The number of nitrogens with zero attached hydrogens (tertiary/aromatic N) is 1. The molecule has 0 aliphatic carbocycles. The lowest BCUT2D eigenvalue weighted by atomic mass is 10.0. The Kier molecular flexibility index (Phi) is 5.76. The van der Waals surface area contributed by atoms with Gasteiger partial charge in [-0.05, 0) is 36.1 Å². The first-order valence-corrected chi connectivity index (χ1v) is 6.10. The third-order valence-electron chi connectivity index (χ3n) is 2.90. The van der Waals surface area contributed by atoms with Crippen molar-refractivity contribution in [2.45, 2.75) is 32.9 Å². The first-order chi connectivity index (χ1) is 8.56. The molecule has 1 aromatic carbocycles. The van der Waals surface area contributed by atoms with Crippen LogP contribution in [0.3, 0.4) is 0 Å². The molecule has 0 saturated carbocycles. The summed E-state index contributed by atoms with van der Waals surface area (Å²) < 4.78 is 13.2. The summed E-state index contributed by atoms with van der Waals surface area (Å²) in [6.45, 7) is 4.76. The normalized spacial score (nSPS) is 12.4. The van der Waals surface area contributed by atoms with Gasteiger partial charge >= 0.3 is 0 Å². The Labute approximate surface area is 107 Å². The molecular weight excluding hydrogens is 231 g/mol. The standard InChI is InChI=1S/C14H19FN2O/c1-10(2)14(3-4-18)17-9-12-5-11(8-16)6-13(15)7-12/h5-7,10,14,17-18H,3-4,9H2,1-2H3. The molecule has 0 aliphatic rings. The van der Waals surface area contributed by atoms with Gasteiger partial charge < -0.3 is 10.4 Å². The van der Waals surface area contributed by atoms with Gasteiger partial charge in [0.2, 0.25) is 0 Å². The van der Waals surface area contributed by atoms with Gasteiger partial charge in [-0.3, -0.25) is 0 Å². The maximum Gasteiger partial charge on any atom is 0.124 e. The fourth-order valence-electron chi connectivity index (χ4n) is 1.88. The molecule has 3 nitrogen and oxygen atoms in total. The molecule has 2 N–H and O–H groups in total. The smallest absolute Gasteiger partial charge is 0.124 e. The number of benzene rings is 1. The molecule has 0 saturated heterocycles. The van der Waals surface area contributed by atoms with E-state index in [1.807, 2.05) is 6.07 Å². The van der Waals surface area contributed by atoms with Crippen LogP contribution in [0.4, 0.5) is 4.39 Å². The van der Waals surface area contributed by atoms with E-state index in [-0.39, 0.29) is 12.6 Å². The van der Waals surface area contributed by atoms with E-state index in [0.717, 1.165) is 5.56 Å². The Morgan fingerprint density at radius 3 is 2.67 bits per heavy atom. The minimum Gasteiger partial charge on any atom is -0.396 e. The van der Waals surface area contributed by atoms with Crippen LogP contribution in [-0.2, 0) is 6.54 Å². The molecule has 0 heterocycles. The molecule has 18 heavy (non-hydrogen) atoms. The highest BCUT2D eigenvalue weighted by Crippen LogP contribution is 2.11. The number of halogens is 1. The van der Waals surface area contributed by atoms with Crippen molar-refractivity contribution >= 4 is 0 Å². The lowest BCUT2D eigenvalue weighted by Crippen LogP contribution is -2.34. The SMILES string of the molecule is CC(C)C(CCO)NCc1cc(F)cc(C#N)c1. The minimum absolute atomic E-state index is 0.127. The highest BCUT2D eigenvalue weighted by molar-refractivity contribution is 5.33. The molecule has 4 heteroatoms. The summed E-state index contributed by atoms with van der Waals surface area (Å²) >= 11 is 0. The van der Waals surface area contributed by atoms with Crippen LogP contribution in [0.2, 0.25) is 0 Å². The van der Waals surface area contributed by atoms with Gasteiger partial charge in [-0.15, -0.1) is 0 Å². The van der Waals surface area contributed by atoms with Crippen LogP contribution in [0, 0.1) is 23.1 Å². The highest BCUT2D eigenvalue weighted by atomic mass is 19.1. The fourth-order valence-corrected chi connectivity index (χ4v) is 1.88. The molecule has 1 atom stereocenters. The van der Waals surface area contributed by atoms with Crippen molar-refractivity contribution in [1.82, 2.24) is 5.32 Å². The molecule has 98 valence electrons. The highest BCUT2D eigenvalue weighted by Gasteiger charge is 2.12. The predicted octanol–water partition coefficient (Wildman–Crippen LogP) is 2.19. The van der Waals surface area contributed by atoms with Crippen molar-refractivity contribution in [3.05, 3.63) is 35.1 Å². The van der Waals surface area contributed by atoms with Crippen LogP contribution >= 0.6 is 0 Å². The van der Waals surface area contributed by atoms with Gasteiger partial charge in [-0.1, -0.05) is 13.8 Å². The van der Waals surface area contributed by atoms with E-state index in [1.165, 1.54) is 12.1 Å². The third kappa shape index (κ3) is 4.44. The Balaban J connectivity index is 2.67. The predicted molar refractivity (Wildman–Crippen MR) is 68.3 cm³/mol. The minimum atomic E-state index is -0.394. The molecule has 0 amide bonds. The Hall–Kier alpha value is -1.44. The van der Waals surface area contributed by atoms with Crippen molar-refractivity contribution in [2.75, 3.05) is 6.61 Å². The van der Waals surface area contributed by atoms with Gasteiger partial charge in [0, 0.05) is 19.2 Å². The number of nitrogens with one attached hydrogen (secondary N) is 1. The molecule has 0 aliphatic heterocycles. The molecule has 0 spiro atoms. The van der Waals surface area contributed by atoms with Gasteiger partial charge in [0.05, 0.1) is 11.6 Å². The molecule has 0 fully saturated rings. The van der Waals surface area contributed by atoms with Crippen molar-refractivity contribution < 1.29 is 9.50 Å². The van der Waals surface area contributed by atoms with Gasteiger partial charge in [0.25, 0.3) is 0 Å². The number of hydrogen-bond donors (Lipinski definition) is 2. The second kappa shape index (κ2) is 7.10. The summed E-state index contributed by atoms with van der Waals surface area (Å²) in [4.78, 5) is 0. The van der Waals surface area contributed by atoms with E-state index < -0.39 is 5.82 Å². The van der Waals surface area contributed by atoms with E-state index in [9.17, 15) is 4.39 Å². The fraction of sp³-hybridized carbons (Fsp3) is 0.500. The van der Waals surface area contributed by atoms with Gasteiger partial charge in [-0.25, -0.2) is 4.39 Å². The van der Waals surface area contributed by atoms with Gasteiger partial charge in [0.15, 0.2) is 0 Å². The number of aliphatic hydroxyl groups excluding tert-OH is 1. The van der Waals surface area contributed by atoms with Crippen LogP contribution in [0.15, 0.2) is 18.2 Å². The molecule has 1 unspecified atom stereocenters. The van der Waals surface area contributed by atoms with Gasteiger partial charge in [-0.2, -0.15) is 5.26 Å². The summed E-state index contributed by atoms with van der Waals surface area (Å²) in [5.41, 5.74) is 1.07. The van der Waals surface area contributed by atoms with Crippen LogP contribution in [0.25, 0.3) is 0 Å². The van der Waals surface area contributed by atoms with Crippen molar-refractivity contribution in [2.24, 2.45) is 5.92 Å². The van der Waals surface area contributed by atoms with E-state index in [2.05, 4.69) is 19.2 Å². The molecular formula is C14H19FN2O. The number of aliphatic hydroxyl groups is 1. The average molecular weight is 250 g/mol. The Morgan fingerprint density at radius 2 is 2.11 bits per heavy atom.